The number of rotatable bonds is 15. The van der Waals surface area contributed by atoms with Gasteiger partial charge in [0.05, 0.1) is 34.4 Å². The molecule has 0 aliphatic rings. The van der Waals surface area contributed by atoms with Crippen LogP contribution in [0.3, 0.4) is 0 Å². The van der Waals surface area contributed by atoms with Crippen LogP contribution in [0.15, 0.2) is 84.8 Å². The first kappa shape index (κ1) is 35.4. The molecule has 0 aliphatic heterocycles. The van der Waals surface area contributed by atoms with Crippen molar-refractivity contribution in [3.8, 4) is 17.3 Å². The van der Waals surface area contributed by atoms with Gasteiger partial charge in [-0.05, 0) is 57.0 Å². The monoisotopic (exact) mass is 685 g/mol. The summed E-state index contributed by atoms with van der Waals surface area (Å²) >= 11 is 1.34. The molecule has 0 bridgehead atoms. The van der Waals surface area contributed by atoms with E-state index in [0.29, 0.717) is 21.8 Å². The van der Waals surface area contributed by atoms with Gasteiger partial charge in [0.15, 0.2) is 6.79 Å². The second kappa shape index (κ2) is 16.0. The highest BCUT2D eigenvalue weighted by molar-refractivity contribution is 7.10. The minimum absolute atomic E-state index is 0.0332. The molecule has 0 fully saturated rings. The van der Waals surface area contributed by atoms with Crippen LogP contribution in [0, 0.1) is 23.0 Å². The lowest BCUT2D eigenvalue weighted by molar-refractivity contribution is -0.148. The average molecular weight is 686 g/mol. The summed E-state index contributed by atoms with van der Waals surface area (Å²) in [6, 6.07) is 19.5. The second-order valence-corrected chi connectivity index (χ2v) is 12.9. The summed E-state index contributed by atoms with van der Waals surface area (Å²) in [5.41, 5.74) is 1.81. The lowest BCUT2D eigenvalue weighted by Crippen LogP contribution is -2.42. The summed E-state index contributed by atoms with van der Waals surface area (Å²) in [6.45, 7) is 3.77. The Hall–Kier alpha value is -4.87. The van der Waals surface area contributed by atoms with Gasteiger partial charge in [-0.25, -0.2) is 28.2 Å². The molecule has 0 saturated carbocycles. The van der Waals surface area contributed by atoms with Gasteiger partial charge in [0, 0.05) is 48.1 Å². The van der Waals surface area contributed by atoms with E-state index in [2.05, 4.69) is 26.0 Å². The van der Waals surface area contributed by atoms with Crippen LogP contribution in [0.4, 0.5) is 8.78 Å². The molecule has 2 heterocycles. The molecule has 2 aromatic heterocycles. The molecular weight excluding hydrogens is 649 g/mol. The quantitative estimate of drug-likeness (QED) is 0.0958. The SMILES string of the molecule is CC(c1nc(-c2ccc(C#N)cc2)cs1)C(Cn1cncn1)(OCOC(=O)c1ccc(CN(C)CCN(C)C)cc1)c1ccc(F)cc1F. The zero-order valence-electron chi connectivity index (χ0n) is 27.7. The van der Waals surface area contributed by atoms with Crippen LogP contribution >= 0.6 is 11.3 Å². The molecule has 0 aliphatic carbocycles. The van der Waals surface area contributed by atoms with Crippen LogP contribution in [0.2, 0.25) is 0 Å². The lowest BCUT2D eigenvalue weighted by atomic mass is 9.81. The summed E-state index contributed by atoms with van der Waals surface area (Å²) in [5.74, 6) is -2.86. The molecule has 2 unspecified atom stereocenters. The number of carbonyl (C=O) groups excluding carboxylic acids is 1. The molecule has 13 heteroatoms. The highest BCUT2D eigenvalue weighted by Crippen LogP contribution is 2.44. The average Bonchev–Trinajstić information content (AvgIpc) is 3.80. The van der Waals surface area contributed by atoms with Crippen LogP contribution in [-0.4, -0.2) is 76.5 Å². The molecule has 0 N–H and O–H groups in total. The van der Waals surface area contributed by atoms with Gasteiger partial charge in [0.1, 0.15) is 29.9 Å². The van der Waals surface area contributed by atoms with Gasteiger partial charge in [-0.3, -0.25) is 0 Å². The maximum Gasteiger partial charge on any atom is 0.340 e. The van der Waals surface area contributed by atoms with Crippen LogP contribution in [-0.2, 0) is 28.2 Å². The Morgan fingerprint density at radius 1 is 1.06 bits per heavy atom. The Labute approximate surface area is 288 Å². The summed E-state index contributed by atoms with van der Waals surface area (Å²) in [6.07, 6.45) is 2.80. The maximum atomic E-state index is 15.7. The molecule has 0 spiro atoms. The highest BCUT2D eigenvalue weighted by Gasteiger charge is 2.45. The van der Waals surface area contributed by atoms with Gasteiger partial charge in [-0.2, -0.15) is 10.4 Å². The molecule has 3 aromatic carbocycles. The van der Waals surface area contributed by atoms with Crippen molar-refractivity contribution in [1.29, 1.82) is 5.26 Å². The van der Waals surface area contributed by atoms with Crippen LogP contribution in [0.25, 0.3) is 11.3 Å². The minimum Gasteiger partial charge on any atom is -0.435 e. The number of ether oxygens (including phenoxy) is 2. The van der Waals surface area contributed by atoms with Crippen molar-refractivity contribution >= 4 is 17.3 Å². The Balaban J connectivity index is 1.41. The maximum absolute atomic E-state index is 15.7. The number of hydrogen-bond donors (Lipinski definition) is 0. The van der Waals surface area contributed by atoms with E-state index in [9.17, 15) is 14.4 Å². The molecule has 0 amide bonds. The number of carbonyl (C=O) groups is 1. The molecule has 0 saturated heterocycles. The fourth-order valence-corrected chi connectivity index (χ4v) is 6.37. The molecule has 2 atom stereocenters. The van der Waals surface area contributed by atoms with E-state index in [-0.39, 0.29) is 12.1 Å². The predicted octanol–water partition coefficient (Wildman–Crippen LogP) is 6.08. The first-order valence-electron chi connectivity index (χ1n) is 15.5. The van der Waals surface area contributed by atoms with Gasteiger partial charge in [0.2, 0.25) is 0 Å². The van der Waals surface area contributed by atoms with E-state index in [1.165, 1.54) is 34.7 Å². The van der Waals surface area contributed by atoms with E-state index < -0.39 is 35.9 Å². The van der Waals surface area contributed by atoms with Crippen molar-refractivity contribution in [3.63, 3.8) is 0 Å². The number of halogens is 2. The number of nitrogens with zero attached hydrogens (tertiary/aromatic N) is 7. The van der Waals surface area contributed by atoms with E-state index in [1.54, 1.807) is 36.4 Å². The zero-order valence-corrected chi connectivity index (χ0v) is 28.5. The largest absolute Gasteiger partial charge is 0.435 e. The normalized spacial score (nSPS) is 13.3. The molecular formula is C36H37F2N7O3S. The third kappa shape index (κ3) is 8.79. The van der Waals surface area contributed by atoms with E-state index in [4.69, 9.17) is 14.5 Å². The number of aromatic nitrogens is 4. The topological polar surface area (TPSA) is 109 Å². The van der Waals surface area contributed by atoms with Crippen LogP contribution in [0.5, 0.6) is 0 Å². The second-order valence-electron chi connectivity index (χ2n) is 12.0. The Morgan fingerprint density at radius 3 is 2.47 bits per heavy atom. The first-order chi connectivity index (χ1) is 23.6. The summed E-state index contributed by atoms with van der Waals surface area (Å²) < 4.78 is 43.4. The summed E-state index contributed by atoms with van der Waals surface area (Å²) in [5, 5.41) is 15.9. The van der Waals surface area contributed by atoms with Crippen LogP contribution < -0.4 is 0 Å². The summed E-state index contributed by atoms with van der Waals surface area (Å²) in [4.78, 5) is 26.3. The van der Waals surface area contributed by atoms with E-state index >= 15 is 4.39 Å². The van der Waals surface area contributed by atoms with E-state index in [0.717, 1.165) is 42.9 Å². The standard InChI is InChI=1S/C36H37F2N7O3S/c1-25(34-42-33(20-49-34)28-9-5-26(18-39)6-10-28)36(21-45-23-40-22-41-45,31-14-13-30(37)17-32(31)38)48-24-47-35(46)29-11-7-27(8-12-29)19-44(4)16-15-43(2)3/h5-14,17,20,22-23,25H,15-16,19,21,24H2,1-4H3. The molecule has 0 radical (unpaired) electrons. The van der Waals surface area contributed by atoms with Crippen molar-refractivity contribution in [2.75, 3.05) is 41.0 Å². The van der Waals surface area contributed by atoms with Gasteiger partial charge in [0.25, 0.3) is 0 Å². The van der Waals surface area contributed by atoms with Gasteiger partial charge in [-0.1, -0.05) is 37.3 Å². The van der Waals surface area contributed by atoms with Crippen molar-refractivity contribution in [1.82, 2.24) is 29.5 Å². The predicted molar refractivity (Wildman–Crippen MR) is 181 cm³/mol. The third-order valence-corrected chi connectivity index (χ3v) is 9.26. The number of esters is 1. The minimum atomic E-state index is -1.58. The smallest absolute Gasteiger partial charge is 0.340 e. The van der Waals surface area contributed by atoms with Crippen molar-refractivity contribution in [2.24, 2.45) is 0 Å². The molecule has 10 nitrogen and oxygen atoms in total. The lowest BCUT2D eigenvalue weighted by Gasteiger charge is -2.38. The highest BCUT2D eigenvalue weighted by atomic mass is 32.1. The van der Waals surface area contributed by atoms with Gasteiger partial charge in [-0.15, -0.1) is 11.3 Å². The Kier molecular flexibility index (Phi) is 11.6. The van der Waals surface area contributed by atoms with Crippen molar-refractivity contribution < 1.29 is 23.0 Å². The number of hydrogen-bond acceptors (Lipinski definition) is 10. The molecule has 5 rings (SSSR count). The number of benzene rings is 3. The number of nitriles is 1. The van der Waals surface area contributed by atoms with Crippen molar-refractivity contribution in [3.05, 3.63) is 124 Å². The van der Waals surface area contributed by atoms with E-state index in [1.807, 2.05) is 45.6 Å². The van der Waals surface area contributed by atoms with Gasteiger partial charge < -0.3 is 19.3 Å². The first-order valence-corrected chi connectivity index (χ1v) is 16.4. The zero-order chi connectivity index (χ0) is 35.0. The fraction of sp³-hybridized carbons (Fsp3) is 0.306. The number of thiazole rings is 1. The van der Waals surface area contributed by atoms with Crippen molar-refractivity contribution in [2.45, 2.75) is 31.5 Å². The fourth-order valence-electron chi connectivity index (χ4n) is 5.40. The van der Waals surface area contributed by atoms with Crippen LogP contribution in [0.1, 0.15) is 44.9 Å². The third-order valence-electron chi connectivity index (χ3n) is 8.23. The Morgan fingerprint density at radius 2 is 1.82 bits per heavy atom. The molecule has 5 aromatic rings. The van der Waals surface area contributed by atoms with Gasteiger partial charge >= 0.3 is 5.97 Å². The molecule has 49 heavy (non-hydrogen) atoms. The Bertz CT molecular complexity index is 1880. The summed E-state index contributed by atoms with van der Waals surface area (Å²) in [7, 11) is 6.10. The number of likely N-dealkylation sites (N-methyl/N-ethyl adjacent to an activating group) is 2. The molecule has 254 valence electrons.